The molecule has 1 amide bonds. The second-order valence-electron chi connectivity index (χ2n) is 4.95. The number of halogens is 2. The molecule has 25 heavy (non-hydrogen) atoms. The molecule has 2 aromatic carbocycles. The molecular weight excluding hydrogens is 387 g/mol. The second-order valence-corrected chi connectivity index (χ2v) is 7.56. The zero-order valence-corrected chi connectivity index (χ0v) is 15.6. The van der Waals surface area contributed by atoms with Crippen LogP contribution in [0.3, 0.4) is 0 Å². The summed E-state index contributed by atoms with van der Waals surface area (Å²) in [6.07, 6.45) is 0. The first-order valence-corrected chi connectivity index (χ1v) is 9.44. The van der Waals surface area contributed by atoms with Crippen molar-refractivity contribution in [2.24, 2.45) is 0 Å². The Balaban J connectivity index is 1.88. The lowest BCUT2D eigenvalue weighted by molar-refractivity contribution is 0.0954. The van der Waals surface area contributed by atoms with E-state index in [1.165, 1.54) is 31.4 Å². The zero-order chi connectivity index (χ0) is 18.4. The molecule has 0 radical (unpaired) electrons. The number of nitrogens with one attached hydrogen (secondary N) is 2. The molecule has 0 atom stereocenters. The maximum atomic E-state index is 12.1. The summed E-state index contributed by atoms with van der Waals surface area (Å²) >= 11 is 11.7. The third-order valence-electron chi connectivity index (χ3n) is 3.25. The molecule has 0 saturated carbocycles. The van der Waals surface area contributed by atoms with Crippen LogP contribution in [0.2, 0.25) is 10.0 Å². The average Bonchev–Trinajstić information content (AvgIpc) is 2.58. The fourth-order valence-corrected chi connectivity index (χ4v) is 3.49. The predicted molar refractivity (Wildman–Crippen MR) is 97.0 cm³/mol. The van der Waals surface area contributed by atoms with Gasteiger partial charge in [-0.05, 0) is 42.5 Å². The summed E-state index contributed by atoms with van der Waals surface area (Å²) in [4.78, 5) is 12.1. The molecule has 0 saturated heterocycles. The molecule has 6 nitrogen and oxygen atoms in total. The largest absolute Gasteiger partial charge is 0.497 e. The fourth-order valence-electron chi connectivity index (χ4n) is 1.97. The molecule has 9 heteroatoms. The Hall–Kier alpha value is -1.80. The number of sulfonamides is 1. The minimum absolute atomic E-state index is 0.0330. The summed E-state index contributed by atoms with van der Waals surface area (Å²) in [6.45, 7) is 0.137. The molecule has 2 N–H and O–H groups in total. The predicted octanol–water partition coefficient (Wildman–Crippen LogP) is 2.71. The van der Waals surface area contributed by atoms with Gasteiger partial charge in [-0.2, -0.15) is 0 Å². The number of ether oxygens (including phenoxy) is 1. The standard InChI is InChI=1S/C16H16Cl2N2O4S/c1-24-12-3-5-13(6-4-12)25(22,23)20-9-8-19-16(21)14-7-2-11(17)10-15(14)18/h2-7,10,20H,8-9H2,1H3,(H,19,21). The van der Waals surface area contributed by atoms with E-state index in [0.717, 1.165) is 0 Å². The number of rotatable bonds is 7. The van der Waals surface area contributed by atoms with E-state index in [2.05, 4.69) is 10.0 Å². The number of methoxy groups -OCH3 is 1. The van der Waals surface area contributed by atoms with Gasteiger partial charge in [0.1, 0.15) is 5.75 Å². The lowest BCUT2D eigenvalue weighted by atomic mass is 10.2. The highest BCUT2D eigenvalue weighted by atomic mass is 35.5. The molecule has 0 spiro atoms. The van der Waals surface area contributed by atoms with Gasteiger partial charge < -0.3 is 10.1 Å². The third kappa shape index (κ3) is 5.34. The van der Waals surface area contributed by atoms with Crippen molar-refractivity contribution >= 4 is 39.1 Å². The highest BCUT2D eigenvalue weighted by Gasteiger charge is 2.14. The van der Waals surface area contributed by atoms with Gasteiger partial charge in [-0.3, -0.25) is 4.79 Å². The minimum atomic E-state index is -3.66. The van der Waals surface area contributed by atoms with Crippen LogP contribution in [-0.4, -0.2) is 34.5 Å². The Bertz CT molecular complexity index is 855. The highest BCUT2D eigenvalue weighted by Crippen LogP contribution is 2.20. The van der Waals surface area contributed by atoms with Gasteiger partial charge >= 0.3 is 0 Å². The zero-order valence-electron chi connectivity index (χ0n) is 13.3. The Morgan fingerprint density at radius 1 is 1.08 bits per heavy atom. The first kappa shape index (κ1) is 19.5. The van der Waals surface area contributed by atoms with Crippen LogP contribution >= 0.6 is 23.2 Å². The lowest BCUT2D eigenvalue weighted by Crippen LogP contribution is -2.34. The van der Waals surface area contributed by atoms with Gasteiger partial charge in [0.15, 0.2) is 0 Å². The fraction of sp³-hybridized carbons (Fsp3) is 0.188. The quantitative estimate of drug-likeness (QED) is 0.697. The van der Waals surface area contributed by atoms with Crippen LogP contribution in [0.5, 0.6) is 5.75 Å². The van der Waals surface area contributed by atoms with Crippen molar-refractivity contribution in [2.75, 3.05) is 20.2 Å². The molecule has 2 rings (SSSR count). The van der Waals surface area contributed by atoms with Crippen LogP contribution in [0.4, 0.5) is 0 Å². The van der Waals surface area contributed by atoms with Crippen molar-refractivity contribution in [2.45, 2.75) is 4.90 Å². The van der Waals surface area contributed by atoms with Crippen molar-refractivity contribution < 1.29 is 17.9 Å². The van der Waals surface area contributed by atoms with Crippen LogP contribution in [0.25, 0.3) is 0 Å². The average molecular weight is 403 g/mol. The number of benzene rings is 2. The Morgan fingerprint density at radius 3 is 2.36 bits per heavy atom. The number of carbonyl (C=O) groups is 1. The Kier molecular flexibility index (Phi) is 6.66. The van der Waals surface area contributed by atoms with E-state index >= 15 is 0 Å². The summed E-state index contributed by atoms with van der Waals surface area (Å²) in [7, 11) is -2.16. The van der Waals surface area contributed by atoms with E-state index in [4.69, 9.17) is 27.9 Å². The number of amides is 1. The summed E-state index contributed by atoms with van der Waals surface area (Å²) in [6, 6.07) is 10.5. The minimum Gasteiger partial charge on any atom is -0.497 e. The van der Waals surface area contributed by atoms with Crippen LogP contribution in [-0.2, 0) is 10.0 Å². The van der Waals surface area contributed by atoms with Gasteiger partial charge in [0.25, 0.3) is 5.91 Å². The maximum Gasteiger partial charge on any atom is 0.252 e. The summed E-state index contributed by atoms with van der Waals surface area (Å²) in [5.74, 6) is 0.149. The molecule has 0 bridgehead atoms. The summed E-state index contributed by atoms with van der Waals surface area (Å²) in [5, 5.41) is 3.24. The third-order valence-corrected chi connectivity index (χ3v) is 5.27. The Labute approximate surface area is 156 Å². The van der Waals surface area contributed by atoms with E-state index in [-0.39, 0.29) is 28.6 Å². The summed E-state index contributed by atoms with van der Waals surface area (Å²) < 4.78 is 31.7. The Morgan fingerprint density at radius 2 is 1.76 bits per heavy atom. The van der Waals surface area contributed by atoms with E-state index in [1.54, 1.807) is 18.2 Å². The number of hydrogen-bond donors (Lipinski definition) is 2. The van der Waals surface area contributed by atoms with E-state index in [9.17, 15) is 13.2 Å². The molecule has 0 aliphatic carbocycles. The van der Waals surface area contributed by atoms with Gasteiger partial charge in [0.05, 0.1) is 22.6 Å². The van der Waals surface area contributed by atoms with Crippen molar-refractivity contribution in [1.82, 2.24) is 10.0 Å². The molecular formula is C16H16Cl2N2O4S. The summed E-state index contributed by atoms with van der Waals surface area (Å²) in [5.41, 5.74) is 0.268. The molecule has 0 aromatic heterocycles. The van der Waals surface area contributed by atoms with Gasteiger partial charge in [-0.1, -0.05) is 23.2 Å². The monoisotopic (exact) mass is 402 g/mol. The second kappa shape index (κ2) is 8.53. The first-order chi connectivity index (χ1) is 11.8. The van der Waals surface area contributed by atoms with Gasteiger partial charge in [0.2, 0.25) is 10.0 Å². The number of carbonyl (C=O) groups excluding carboxylic acids is 1. The SMILES string of the molecule is COc1ccc(S(=O)(=O)NCCNC(=O)c2ccc(Cl)cc2Cl)cc1. The molecule has 0 unspecified atom stereocenters. The van der Waals surface area contributed by atoms with Crippen molar-refractivity contribution in [3.05, 3.63) is 58.1 Å². The first-order valence-electron chi connectivity index (χ1n) is 7.20. The van der Waals surface area contributed by atoms with Crippen LogP contribution < -0.4 is 14.8 Å². The van der Waals surface area contributed by atoms with Gasteiger partial charge in [0, 0.05) is 18.1 Å². The maximum absolute atomic E-state index is 12.1. The molecule has 134 valence electrons. The molecule has 0 aliphatic rings. The molecule has 2 aromatic rings. The van der Waals surface area contributed by atoms with E-state index in [1.807, 2.05) is 0 Å². The molecule has 0 aliphatic heterocycles. The number of hydrogen-bond acceptors (Lipinski definition) is 4. The van der Waals surface area contributed by atoms with E-state index in [0.29, 0.717) is 10.8 Å². The van der Waals surface area contributed by atoms with Crippen LogP contribution in [0.1, 0.15) is 10.4 Å². The molecule has 0 heterocycles. The van der Waals surface area contributed by atoms with Crippen LogP contribution in [0, 0.1) is 0 Å². The highest BCUT2D eigenvalue weighted by molar-refractivity contribution is 7.89. The van der Waals surface area contributed by atoms with Crippen molar-refractivity contribution in [3.8, 4) is 5.75 Å². The molecule has 0 fully saturated rings. The van der Waals surface area contributed by atoms with E-state index < -0.39 is 15.9 Å². The van der Waals surface area contributed by atoms with Gasteiger partial charge in [-0.25, -0.2) is 13.1 Å². The van der Waals surface area contributed by atoms with Crippen LogP contribution in [0.15, 0.2) is 47.4 Å². The lowest BCUT2D eigenvalue weighted by Gasteiger charge is -2.09. The topological polar surface area (TPSA) is 84.5 Å². The normalized spacial score (nSPS) is 11.2. The van der Waals surface area contributed by atoms with Crippen molar-refractivity contribution in [1.29, 1.82) is 0 Å². The smallest absolute Gasteiger partial charge is 0.252 e. The van der Waals surface area contributed by atoms with Gasteiger partial charge in [-0.15, -0.1) is 0 Å². The van der Waals surface area contributed by atoms with Crippen molar-refractivity contribution in [3.63, 3.8) is 0 Å².